The maximum atomic E-state index is 10.4. The fourth-order valence-corrected chi connectivity index (χ4v) is 3.18. The summed E-state index contributed by atoms with van der Waals surface area (Å²) >= 11 is 0. The average molecular weight is 355 g/mol. The largest absolute Gasteiger partial charge is 0.508 e. The quantitative estimate of drug-likeness (QED) is 0.409. The van der Waals surface area contributed by atoms with Gasteiger partial charge >= 0.3 is 5.97 Å². The van der Waals surface area contributed by atoms with Gasteiger partial charge in [-0.05, 0) is 72.4 Å². The third-order valence-corrected chi connectivity index (χ3v) is 5.09. The summed E-state index contributed by atoms with van der Waals surface area (Å²) in [6.07, 6.45) is 6.39. The van der Waals surface area contributed by atoms with E-state index in [9.17, 15) is 4.79 Å². The Morgan fingerprint density at radius 2 is 1.73 bits per heavy atom. The zero-order valence-electron chi connectivity index (χ0n) is 15.9. The van der Waals surface area contributed by atoms with Crippen LogP contribution in [0.25, 0.3) is 0 Å². The van der Waals surface area contributed by atoms with E-state index in [-0.39, 0.29) is 17.0 Å². The first-order chi connectivity index (χ1) is 12.2. The van der Waals surface area contributed by atoms with Crippen LogP contribution in [0.5, 0.6) is 5.75 Å². The number of aromatic hydroxyl groups is 1. The van der Waals surface area contributed by atoms with E-state index >= 15 is 0 Å². The van der Waals surface area contributed by atoms with Crippen molar-refractivity contribution in [3.05, 3.63) is 58.7 Å². The number of aromatic carboxylic acids is 1. The molecule has 0 radical (unpaired) electrons. The molecular formula is C22H29NO3. The Labute approximate surface area is 155 Å². The lowest BCUT2D eigenvalue weighted by Crippen LogP contribution is -2.10. The Morgan fingerprint density at radius 3 is 2.31 bits per heavy atom. The monoisotopic (exact) mass is 355 g/mol. The number of carbonyl (C=O) groups is 1. The number of nitrogen functional groups attached to an aromatic ring is 1. The number of rotatable bonds is 2. The molecule has 0 saturated carbocycles. The number of nitrogens with two attached hydrogens (primary N) is 1. The van der Waals surface area contributed by atoms with Crippen LogP contribution in [0.15, 0.2) is 36.4 Å². The lowest BCUT2D eigenvalue weighted by atomic mass is 9.85. The minimum absolute atomic E-state index is 0.0787. The number of benzene rings is 2. The van der Waals surface area contributed by atoms with Gasteiger partial charge in [0.1, 0.15) is 5.75 Å². The second-order valence-corrected chi connectivity index (χ2v) is 7.70. The van der Waals surface area contributed by atoms with Crippen LogP contribution >= 0.6 is 0 Å². The predicted octanol–water partition coefficient (Wildman–Crippen LogP) is 4.83. The van der Waals surface area contributed by atoms with Gasteiger partial charge in [0.05, 0.1) is 5.56 Å². The van der Waals surface area contributed by atoms with E-state index in [2.05, 4.69) is 39.0 Å². The van der Waals surface area contributed by atoms with Crippen LogP contribution in [0.1, 0.15) is 60.7 Å². The first-order valence-electron chi connectivity index (χ1n) is 9.14. The Kier molecular flexibility index (Phi) is 6.30. The van der Waals surface area contributed by atoms with Crippen LogP contribution in [0.4, 0.5) is 5.69 Å². The molecular weight excluding hydrogens is 326 g/mol. The third kappa shape index (κ3) is 5.25. The lowest BCUT2D eigenvalue weighted by molar-refractivity contribution is 0.0697. The Morgan fingerprint density at radius 1 is 1.08 bits per heavy atom. The number of carboxylic acids is 1. The second-order valence-electron chi connectivity index (χ2n) is 7.70. The summed E-state index contributed by atoms with van der Waals surface area (Å²) in [6, 6.07) is 10.9. The molecule has 0 aromatic heterocycles. The molecule has 4 N–H and O–H groups in total. The van der Waals surface area contributed by atoms with Crippen molar-refractivity contribution in [2.24, 2.45) is 5.41 Å². The minimum atomic E-state index is -1.14. The summed E-state index contributed by atoms with van der Waals surface area (Å²) in [5, 5.41) is 17.4. The highest BCUT2D eigenvalue weighted by atomic mass is 16.4. The molecule has 4 heteroatoms. The van der Waals surface area contributed by atoms with Crippen molar-refractivity contribution >= 4 is 11.7 Å². The zero-order chi connectivity index (χ0) is 19.3. The van der Waals surface area contributed by atoms with Gasteiger partial charge in [0, 0.05) is 5.69 Å². The van der Waals surface area contributed by atoms with Crippen LogP contribution in [0.2, 0.25) is 0 Å². The maximum absolute atomic E-state index is 10.4. The van der Waals surface area contributed by atoms with Crippen molar-refractivity contribution in [2.75, 3.05) is 5.73 Å². The molecule has 0 aliphatic heterocycles. The highest BCUT2D eigenvalue weighted by Crippen LogP contribution is 2.33. The molecule has 140 valence electrons. The van der Waals surface area contributed by atoms with E-state index in [1.165, 1.54) is 43.4 Å². The third-order valence-electron chi connectivity index (χ3n) is 5.09. The molecule has 26 heavy (non-hydrogen) atoms. The number of aryl methyl sites for hydroxylation is 3. The van der Waals surface area contributed by atoms with Gasteiger partial charge in [-0.3, -0.25) is 0 Å². The van der Waals surface area contributed by atoms with Gasteiger partial charge in [-0.15, -0.1) is 0 Å². The molecule has 0 heterocycles. The average Bonchev–Trinajstić information content (AvgIpc) is 2.75. The molecule has 2 aromatic rings. The van der Waals surface area contributed by atoms with Crippen LogP contribution in [-0.2, 0) is 19.3 Å². The summed E-state index contributed by atoms with van der Waals surface area (Å²) in [5.74, 6) is -1.24. The van der Waals surface area contributed by atoms with Crippen LogP contribution in [0, 0.1) is 5.41 Å². The van der Waals surface area contributed by atoms with Gasteiger partial charge in [-0.2, -0.15) is 0 Å². The van der Waals surface area contributed by atoms with Gasteiger partial charge in [0.25, 0.3) is 0 Å². The summed E-state index contributed by atoms with van der Waals surface area (Å²) in [4.78, 5) is 10.4. The van der Waals surface area contributed by atoms with Gasteiger partial charge in [-0.25, -0.2) is 4.79 Å². The Hall–Kier alpha value is -2.49. The number of hydrogen-bond acceptors (Lipinski definition) is 3. The summed E-state index contributed by atoms with van der Waals surface area (Å²) in [7, 11) is 0. The lowest BCUT2D eigenvalue weighted by Gasteiger charge is -2.21. The molecule has 0 atom stereocenters. The van der Waals surface area contributed by atoms with Crippen LogP contribution < -0.4 is 5.73 Å². The van der Waals surface area contributed by atoms with E-state index in [1.54, 1.807) is 11.1 Å². The molecule has 1 aliphatic rings. The zero-order valence-corrected chi connectivity index (χ0v) is 15.9. The molecule has 0 fully saturated rings. The highest BCUT2D eigenvalue weighted by Gasteiger charge is 2.22. The predicted molar refractivity (Wildman–Crippen MR) is 106 cm³/mol. The maximum Gasteiger partial charge on any atom is 0.337 e. The summed E-state index contributed by atoms with van der Waals surface area (Å²) in [6.45, 7) is 7.04. The molecule has 0 bridgehead atoms. The van der Waals surface area contributed by atoms with Crippen molar-refractivity contribution in [3.63, 3.8) is 0 Å². The van der Waals surface area contributed by atoms with Crippen molar-refractivity contribution in [1.82, 2.24) is 0 Å². The van der Waals surface area contributed by atoms with Gasteiger partial charge in [0.15, 0.2) is 0 Å². The fourth-order valence-electron chi connectivity index (χ4n) is 3.18. The molecule has 1 aliphatic carbocycles. The van der Waals surface area contributed by atoms with Crippen molar-refractivity contribution in [3.8, 4) is 5.75 Å². The normalized spacial score (nSPS) is 15.2. The van der Waals surface area contributed by atoms with Crippen LogP contribution in [0.3, 0.4) is 0 Å². The van der Waals surface area contributed by atoms with Crippen molar-refractivity contribution in [1.29, 1.82) is 0 Å². The van der Waals surface area contributed by atoms with E-state index in [0.717, 1.165) is 12.5 Å². The van der Waals surface area contributed by atoms with E-state index in [4.69, 9.17) is 15.9 Å². The number of phenols is 1. The van der Waals surface area contributed by atoms with Gasteiger partial charge in [0.2, 0.25) is 0 Å². The number of fused-ring (bicyclic) bond motifs is 1. The molecule has 0 amide bonds. The summed E-state index contributed by atoms with van der Waals surface area (Å²) < 4.78 is 0. The molecule has 2 aromatic carbocycles. The Balaban J connectivity index is 0.000000197. The number of carboxylic acid groups (broad SMARTS) is 1. The number of phenolic OH excluding ortho intramolecular Hbond substituents is 1. The molecule has 0 unspecified atom stereocenters. The number of anilines is 1. The molecule has 0 saturated heterocycles. The standard InChI is InChI=1S/C15H22.C7H7NO3/c1-4-12-5-6-13-7-9-15(2,3)10-8-14(13)11-12;8-6-2-1-4(9)3-5(6)7(10)11/h5-6,11H,4,7-10H2,1-3H3;1-3,9H,8H2,(H,10,11). The molecule has 3 rings (SSSR count). The van der Waals surface area contributed by atoms with E-state index < -0.39 is 5.97 Å². The smallest absolute Gasteiger partial charge is 0.337 e. The molecule has 0 spiro atoms. The van der Waals surface area contributed by atoms with Crippen LogP contribution in [-0.4, -0.2) is 16.2 Å². The fraction of sp³-hybridized carbons (Fsp3) is 0.409. The van der Waals surface area contributed by atoms with E-state index in [0.29, 0.717) is 5.41 Å². The SMILES string of the molecule is CCc1ccc2c(c1)CCC(C)(C)CC2.Nc1ccc(O)cc1C(=O)O. The van der Waals surface area contributed by atoms with Gasteiger partial charge in [-0.1, -0.05) is 39.0 Å². The molecule has 4 nitrogen and oxygen atoms in total. The Bertz CT molecular complexity index is 781. The first-order valence-corrected chi connectivity index (χ1v) is 9.14. The highest BCUT2D eigenvalue weighted by molar-refractivity contribution is 5.94. The topological polar surface area (TPSA) is 83.5 Å². The number of hydrogen-bond donors (Lipinski definition) is 3. The van der Waals surface area contributed by atoms with E-state index in [1.807, 2.05) is 0 Å². The van der Waals surface area contributed by atoms with Crippen molar-refractivity contribution < 1.29 is 15.0 Å². The van der Waals surface area contributed by atoms with Gasteiger partial charge < -0.3 is 15.9 Å². The minimum Gasteiger partial charge on any atom is -0.508 e. The first kappa shape index (κ1) is 19.8. The summed E-state index contributed by atoms with van der Waals surface area (Å²) in [5.41, 5.74) is 10.6. The van der Waals surface area contributed by atoms with Crippen molar-refractivity contribution in [2.45, 2.75) is 52.9 Å². The second kappa shape index (κ2) is 8.26.